The lowest BCUT2D eigenvalue weighted by atomic mass is 10.3. The molecule has 72 valence electrons. The van der Waals surface area contributed by atoms with E-state index in [-0.39, 0.29) is 5.78 Å². The number of rotatable bonds is 4. The maximum Gasteiger partial charge on any atom is 0.195 e. The van der Waals surface area contributed by atoms with Crippen LogP contribution in [0.5, 0.6) is 0 Å². The molecule has 0 N–H and O–H groups in total. The molecule has 0 saturated carbocycles. The first kappa shape index (κ1) is 9.84. The number of carbonyl (C=O) groups is 1. The highest BCUT2D eigenvalue weighted by atomic mass is 16.4. The van der Waals surface area contributed by atoms with Crippen LogP contribution in [0.1, 0.15) is 19.1 Å². The van der Waals surface area contributed by atoms with Crippen LogP contribution in [0.4, 0.5) is 5.88 Å². The van der Waals surface area contributed by atoms with E-state index in [4.69, 9.17) is 4.42 Å². The van der Waals surface area contributed by atoms with Gasteiger partial charge in [0, 0.05) is 26.1 Å². The first-order chi connectivity index (χ1) is 6.09. The summed E-state index contributed by atoms with van der Waals surface area (Å²) in [5.41, 5.74) is 0. The molecule has 1 aromatic rings. The van der Waals surface area contributed by atoms with Crippen molar-refractivity contribution in [2.75, 3.05) is 18.5 Å². The molecule has 0 spiro atoms. The van der Waals surface area contributed by atoms with Gasteiger partial charge in [-0.2, -0.15) is 0 Å². The maximum absolute atomic E-state index is 10.7. The zero-order chi connectivity index (χ0) is 9.84. The Morgan fingerprint density at radius 1 is 1.54 bits per heavy atom. The Morgan fingerprint density at radius 3 is 2.69 bits per heavy atom. The van der Waals surface area contributed by atoms with Crippen molar-refractivity contribution in [3.63, 3.8) is 0 Å². The molecular formula is C10H15NO2. The number of anilines is 1. The highest BCUT2D eigenvalue weighted by Gasteiger charge is 2.05. The smallest absolute Gasteiger partial charge is 0.195 e. The minimum Gasteiger partial charge on any atom is -0.446 e. The summed E-state index contributed by atoms with van der Waals surface area (Å²) in [6.07, 6.45) is 0.566. The normalized spacial score (nSPS) is 10.1. The van der Waals surface area contributed by atoms with Gasteiger partial charge in [-0.15, -0.1) is 0 Å². The Balaban J connectivity index is 2.48. The van der Waals surface area contributed by atoms with Crippen LogP contribution >= 0.6 is 0 Å². The summed E-state index contributed by atoms with van der Waals surface area (Å²) >= 11 is 0. The molecule has 1 rings (SSSR count). The highest BCUT2D eigenvalue weighted by Crippen LogP contribution is 2.16. The van der Waals surface area contributed by atoms with Gasteiger partial charge in [-0.05, 0) is 19.9 Å². The first-order valence-corrected chi connectivity index (χ1v) is 4.36. The molecule has 0 saturated heterocycles. The molecule has 3 nitrogen and oxygen atoms in total. The Hall–Kier alpha value is -1.25. The minimum absolute atomic E-state index is 0.204. The van der Waals surface area contributed by atoms with Gasteiger partial charge in [-0.1, -0.05) is 0 Å². The van der Waals surface area contributed by atoms with E-state index in [1.165, 1.54) is 0 Å². The number of hydrogen-bond acceptors (Lipinski definition) is 3. The predicted octanol–water partition coefficient (Wildman–Crippen LogP) is 2.00. The molecule has 0 fully saturated rings. The van der Waals surface area contributed by atoms with Crippen LogP contribution in [0, 0.1) is 6.92 Å². The van der Waals surface area contributed by atoms with Gasteiger partial charge in [0.15, 0.2) is 5.88 Å². The lowest BCUT2D eigenvalue weighted by Crippen LogP contribution is -2.19. The van der Waals surface area contributed by atoms with Crippen molar-refractivity contribution < 1.29 is 9.21 Å². The number of ketones is 1. The number of aryl methyl sites for hydroxylation is 1. The maximum atomic E-state index is 10.7. The Labute approximate surface area is 78.3 Å². The summed E-state index contributed by atoms with van der Waals surface area (Å²) in [6, 6.07) is 3.83. The molecule has 1 aromatic heterocycles. The second-order valence-corrected chi connectivity index (χ2v) is 3.26. The fourth-order valence-corrected chi connectivity index (χ4v) is 1.06. The molecule has 1 heterocycles. The third kappa shape index (κ3) is 2.93. The van der Waals surface area contributed by atoms with Crippen LogP contribution in [0.3, 0.4) is 0 Å². The molecule has 0 aliphatic heterocycles. The third-order valence-corrected chi connectivity index (χ3v) is 1.90. The summed E-state index contributed by atoms with van der Waals surface area (Å²) in [6.45, 7) is 4.21. The molecule has 0 aromatic carbocycles. The van der Waals surface area contributed by atoms with E-state index in [1.807, 2.05) is 31.0 Å². The molecule has 3 heteroatoms. The fourth-order valence-electron chi connectivity index (χ4n) is 1.06. The van der Waals surface area contributed by atoms with E-state index in [1.54, 1.807) is 6.92 Å². The van der Waals surface area contributed by atoms with Crippen LogP contribution in [0.2, 0.25) is 0 Å². The van der Waals surface area contributed by atoms with Crippen molar-refractivity contribution in [2.45, 2.75) is 20.3 Å². The van der Waals surface area contributed by atoms with Gasteiger partial charge in [0.05, 0.1) is 0 Å². The number of hydrogen-bond donors (Lipinski definition) is 0. The highest BCUT2D eigenvalue weighted by molar-refractivity contribution is 5.76. The van der Waals surface area contributed by atoms with Crippen LogP contribution < -0.4 is 4.90 Å². The van der Waals surface area contributed by atoms with Crippen molar-refractivity contribution in [2.24, 2.45) is 0 Å². The second kappa shape index (κ2) is 4.12. The second-order valence-electron chi connectivity index (χ2n) is 3.26. The Morgan fingerprint density at radius 2 is 2.23 bits per heavy atom. The van der Waals surface area contributed by atoms with Gasteiger partial charge in [-0.25, -0.2) is 0 Å². The molecular weight excluding hydrogens is 166 g/mol. The summed E-state index contributed by atoms with van der Waals surface area (Å²) in [5.74, 6) is 1.92. The lowest BCUT2D eigenvalue weighted by Gasteiger charge is -2.14. The van der Waals surface area contributed by atoms with Gasteiger partial charge in [-0.3, -0.25) is 4.79 Å². The third-order valence-electron chi connectivity index (χ3n) is 1.90. The average Bonchev–Trinajstić information content (AvgIpc) is 2.47. The van der Waals surface area contributed by atoms with Crippen LogP contribution in [0.25, 0.3) is 0 Å². The number of nitrogens with zero attached hydrogens (tertiary/aromatic N) is 1. The summed E-state index contributed by atoms with van der Waals surface area (Å²) < 4.78 is 5.39. The van der Waals surface area contributed by atoms with E-state index in [9.17, 15) is 4.79 Å². The van der Waals surface area contributed by atoms with Crippen molar-refractivity contribution in [3.8, 4) is 0 Å². The first-order valence-electron chi connectivity index (χ1n) is 4.36. The number of Topliss-reactive ketones (excluding diaryl/α,β-unsaturated/α-hetero) is 1. The predicted molar refractivity (Wildman–Crippen MR) is 52.0 cm³/mol. The van der Waals surface area contributed by atoms with Crippen molar-refractivity contribution in [3.05, 3.63) is 17.9 Å². The van der Waals surface area contributed by atoms with Crippen LogP contribution in [-0.4, -0.2) is 19.4 Å². The van der Waals surface area contributed by atoms with Gasteiger partial charge in [0.2, 0.25) is 0 Å². The zero-order valence-corrected chi connectivity index (χ0v) is 8.33. The van der Waals surface area contributed by atoms with E-state index < -0.39 is 0 Å². The van der Waals surface area contributed by atoms with E-state index in [0.29, 0.717) is 13.0 Å². The molecule has 0 bridgehead atoms. The molecule has 0 unspecified atom stereocenters. The molecule has 0 radical (unpaired) electrons. The van der Waals surface area contributed by atoms with Crippen LogP contribution in [0.15, 0.2) is 16.5 Å². The largest absolute Gasteiger partial charge is 0.446 e. The zero-order valence-electron chi connectivity index (χ0n) is 8.33. The van der Waals surface area contributed by atoms with E-state index in [2.05, 4.69) is 0 Å². The summed E-state index contributed by atoms with van der Waals surface area (Å²) in [7, 11) is 1.92. The Bertz CT molecular complexity index is 291. The minimum atomic E-state index is 0.204. The summed E-state index contributed by atoms with van der Waals surface area (Å²) in [4.78, 5) is 12.7. The van der Waals surface area contributed by atoms with Crippen molar-refractivity contribution in [1.82, 2.24) is 0 Å². The topological polar surface area (TPSA) is 33.5 Å². The Kier molecular flexibility index (Phi) is 3.12. The van der Waals surface area contributed by atoms with Crippen molar-refractivity contribution in [1.29, 1.82) is 0 Å². The lowest BCUT2D eigenvalue weighted by molar-refractivity contribution is -0.116. The van der Waals surface area contributed by atoms with E-state index >= 15 is 0 Å². The van der Waals surface area contributed by atoms with Gasteiger partial charge in [0.25, 0.3) is 0 Å². The number of carbonyl (C=O) groups excluding carboxylic acids is 1. The van der Waals surface area contributed by atoms with Gasteiger partial charge in [0.1, 0.15) is 11.5 Å². The molecule has 0 aliphatic rings. The molecule has 13 heavy (non-hydrogen) atoms. The van der Waals surface area contributed by atoms with Crippen molar-refractivity contribution >= 4 is 11.7 Å². The van der Waals surface area contributed by atoms with Crippen LogP contribution in [-0.2, 0) is 4.79 Å². The standard InChI is InChI=1S/C10H15NO2/c1-8(12)6-7-11(3)10-5-4-9(2)13-10/h4-5H,6-7H2,1-3H3. The quantitative estimate of drug-likeness (QED) is 0.712. The van der Waals surface area contributed by atoms with E-state index in [0.717, 1.165) is 11.6 Å². The summed E-state index contributed by atoms with van der Waals surface area (Å²) in [5, 5.41) is 0. The number of furan rings is 1. The monoisotopic (exact) mass is 181 g/mol. The molecule has 0 amide bonds. The molecule has 0 aliphatic carbocycles. The van der Waals surface area contributed by atoms with Gasteiger partial charge >= 0.3 is 0 Å². The average molecular weight is 181 g/mol. The fraction of sp³-hybridized carbons (Fsp3) is 0.500. The SMILES string of the molecule is CC(=O)CCN(C)c1ccc(C)o1. The molecule has 0 atom stereocenters. The van der Waals surface area contributed by atoms with Gasteiger partial charge < -0.3 is 9.32 Å².